The van der Waals surface area contributed by atoms with E-state index in [1.807, 2.05) is 20.8 Å². The fourth-order valence-electron chi connectivity index (χ4n) is 1.56. The summed E-state index contributed by atoms with van der Waals surface area (Å²) in [4.78, 5) is 22.2. The van der Waals surface area contributed by atoms with E-state index in [2.05, 4.69) is 5.32 Å². The fourth-order valence-corrected chi connectivity index (χ4v) is 1.56. The molecule has 0 saturated heterocycles. The Balaban J connectivity index is 2.83. The van der Waals surface area contributed by atoms with Crippen LogP contribution in [0.5, 0.6) is 5.75 Å². The van der Waals surface area contributed by atoms with Crippen molar-refractivity contribution in [1.29, 1.82) is 0 Å². The van der Waals surface area contributed by atoms with Gasteiger partial charge >= 0.3 is 5.97 Å². The maximum atomic E-state index is 13.7. The van der Waals surface area contributed by atoms with Crippen molar-refractivity contribution < 1.29 is 23.8 Å². The molecule has 0 fully saturated rings. The Kier molecular flexibility index (Phi) is 5.46. The monoisotopic (exact) mass is 295 g/mol. The average molecular weight is 295 g/mol. The first-order valence-corrected chi connectivity index (χ1v) is 6.32. The highest BCUT2D eigenvalue weighted by atomic mass is 19.1. The minimum absolute atomic E-state index is 0.154. The van der Waals surface area contributed by atoms with Crippen molar-refractivity contribution in [3.05, 3.63) is 35.7 Å². The highest BCUT2D eigenvalue weighted by Gasteiger charge is 2.15. The van der Waals surface area contributed by atoms with Crippen molar-refractivity contribution in [2.45, 2.75) is 26.3 Å². The van der Waals surface area contributed by atoms with Gasteiger partial charge in [0.05, 0.1) is 0 Å². The number of carboxylic acid groups (broad SMARTS) is 1. The number of carbonyl (C=O) groups is 2. The molecule has 5 nitrogen and oxygen atoms in total. The predicted octanol–water partition coefficient (Wildman–Crippen LogP) is 2.22. The number of hydrogen-bond acceptors (Lipinski definition) is 3. The number of carbonyl (C=O) groups excluding carboxylic acids is 1. The van der Waals surface area contributed by atoms with Gasteiger partial charge in [-0.3, -0.25) is 4.79 Å². The largest absolute Gasteiger partial charge is 0.480 e. The second-order valence-electron chi connectivity index (χ2n) is 5.42. The van der Waals surface area contributed by atoms with Crippen LogP contribution in [0.4, 0.5) is 4.39 Å². The molecule has 0 aliphatic heterocycles. The summed E-state index contributed by atoms with van der Waals surface area (Å²) in [6, 6.07) is 4.10. The van der Waals surface area contributed by atoms with Crippen LogP contribution in [0.1, 0.15) is 26.3 Å². The molecule has 0 saturated carbocycles. The number of aliphatic carboxylic acids is 1. The molecule has 0 spiro atoms. The molecule has 1 rings (SSSR count). The summed E-state index contributed by atoms with van der Waals surface area (Å²) in [5.41, 5.74) is -0.164. The van der Waals surface area contributed by atoms with Crippen molar-refractivity contribution in [2.24, 2.45) is 0 Å². The van der Waals surface area contributed by atoms with E-state index < -0.39 is 17.3 Å². The zero-order valence-corrected chi connectivity index (χ0v) is 12.1. The quantitative estimate of drug-likeness (QED) is 0.817. The Morgan fingerprint density at radius 2 is 2.05 bits per heavy atom. The SMILES string of the molecule is CC(C)(C)NC(=O)COc1c(F)cccc1/C=C/C(=O)O. The van der Waals surface area contributed by atoms with Crippen molar-refractivity contribution in [2.75, 3.05) is 6.61 Å². The zero-order chi connectivity index (χ0) is 16.0. The lowest BCUT2D eigenvalue weighted by Crippen LogP contribution is -2.43. The third-order valence-electron chi connectivity index (χ3n) is 2.26. The fraction of sp³-hybridized carbons (Fsp3) is 0.333. The van der Waals surface area contributed by atoms with Crippen LogP contribution in [0.15, 0.2) is 24.3 Å². The number of para-hydroxylation sites is 1. The van der Waals surface area contributed by atoms with Crippen LogP contribution in [0.25, 0.3) is 6.08 Å². The lowest BCUT2D eigenvalue weighted by atomic mass is 10.1. The van der Waals surface area contributed by atoms with E-state index in [1.54, 1.807) is 0 Å². The molecule has 0 bridgehead atoms. The van der Waals surface area contributed by atoms with Crippen molar-refractivity contribution in [3.63, 3.8) is 0 Å². The summed E-state index contributed by atoms with van der Waals surface area (Å²) in [7, 11) is 0. The molecular formula is C15H18FNO4. The molecule has 2 N–H and O–H groups in total. The van der Waals surface area contributed by atoms with E-state index in [1.165, 1.54) is 24.3 Å². The summed E-state index contributed by atoms with van der Waals surface area (Å²) in [5, 5.41) is 11.3. The third-order valence-corrected chi connectivity index (χ3v) is 2.26. The Morgan fingerprint density at radius 3 is 2.62 bits per heavy atom. The van der Waals surface area contributed by atoms with Crippen LogP contribution in [-0.4, -0.2) is 29.1 Å². The van der Waals surface area contributed by atoms with Crippen LogP contribution in [0.2, 0.25) is 0 Å². The van der Waals surface area contributed by atoms with Gasteiger partial charge < -0.3 is 15.2 Å². The molecule has 0 aliphatic carbocycles. The lowest BCUT2D eigenvalue weighted by Gasteiger charge is -2.20. The van der Waals surface area contributed by atoms with Gasteiger partial charge in [-0.05, 0) is 32.9 Å². The van der Waals surface area contributed by atoms with Crippen molar-refractivity contribution in [3.8, 4) is 5.75 Å². The maximum Gasteiger partial charge on any atom is 0.328 e. The first-order chi connectivity index (χ1) is 9.69. The first-order valence-electron chi connectivity index (χ1n) is 6.32. The molecule has 6 heteroatoms. The van der Waals surface area contributed by atoms with Crippen LogP contribution in [0, 0.1) is 5.82 Å². The van der Waals surface area contributed by atoms with Crippen molar-refractivity contribution >= 4 is 18.0 Å². The second kappa shape index (κ2) is 6.88. The van der Waals surface area contributed by atoms with Crippen LogP contribution < -0.4 is 10.1 Å². The number of amides is 1. The molecule has 0 atom stereocenters. The molecule has 0 unspecified atom stereocenters. The van der Waals surface area contributed by atoms with Crippen LogP contribution in [0.3, 0.4) is 0 Å². The Morgan fingerprint density at radius 1 is 1.38 bits per heavy atom. The van der Waals surface area contributed by atoms with Gasteiger partial charge in [0.1, 0.15) is 0 Å². The smallest absolute Gasteiger partial charge is 0.328 e. The molecule has 1 aromatic rings. The summed E-state index contributed by atoms with van der Waals surface area (Å²) in [5.74, 6) is -2.36. The molecule has 1 amide bonds. The van der Waals surface area contributed by atoms with Gasteiger partial charge in [-0.15, -0.1) is 0 Å². The van der Waals surface area contributed by atoms with E-state index in [0.717, 1.165) is 6.08 Å². The van der Waals surface area contributed by atoms with Crippen molar-refractivity contribution in [1.82, 2.24) is 5.32 Å². The second-order valence-corrected chi connectivity index (χ2v) is 5.42. The van der Waals surface area contributed by atoms with Crippen LogP contribution in [-0.2, 0) is 9.59 Å². The van der Waals surface area contributed by atoms with Gasteiger partial charge in [0.15, 0.2) is 18.2 Å². The topological polar surface area (TPSA) is 75.6 Å². The van der Waals surface area contributed by atoms with E-state index in [9.17, 15) is 14.0 Å². The Bertz CT molecular complexity index is 561. The summed E-state index contributed by atoms with van der Waals surface area (Å²) in [6.07, 6.45) is 2.08. The number of benzene rings is 1. The summed E-state index contributed by atoms with van der Waals surface area (Å²) in [6.45, 7) is 5.09. The molecule has 0 heterocycles. The normalized spacial score (nSPS) is 11.4. The van der Waals surface area contributed by atoms with Crippen LogP contribution >= 0.6 is 0 Å². The predicted molar refractivity (Wildman–Crippen MR) is 76.5 cm³/mol. The summed E-state index contributed by atoms with van der Waals surface area (Å²) >= 11 is 0. The minimum Gasteiger partial charge on any atom is -0.480 e. The number of carboxylic acids is 1. The van der Waals surface area contributed by atoms with E-state index in [-0.39, 0.29) is 23.8 Å². The molecular weight excluding hydrogens is 277 g/mol. The van der Waals surface area contributed by atoms with Gasteiger partial charge in [-0.1, -0.05) is 12.1 Å². The first kappa shape index (κ1) is 16.7. The van der Waals surface area contributed by atoms with E-state index in [4.69, 9.17) is 9.84 Å². The highest BCUT2D eigenvalue weighted by molar-refractivity contribution is 5.86. The van der Waals surface area contributed by atoms with Gasteiger partial charge in [-0.2, -0.15) is 0 Å². The van der Waals surface area contributed by atoms with Gasteiger partial charge in [0, 0.05) is 17.2 Å². The molecule has 1 aromatic carbocycles. The molecule has 0 aliphatic rings. The molecule has 114 valence electrons. The van der Waals surface area contributed by atoms with E-state index >= 15 is 0 Å². The molecule has 21 heavy (non-hydrogen) atoms. The molecule has 0 radical (unpaired) electrons. The van der Waals surface area contributed by atoms with Gasteiger partial charge in [0.25, 0.3) is 5.91 Å². The number of hydrogen-bond donors (Lipinski definition) is 2. The van der Waals surface area contributed by atoms with Gasteiger partial charge in [0.2, 0.25) is 0 Å². The summed E-state index contributed by atoms with van der Waals surface area (Å²) < 4.78 is 18.9. The number of rotatable bonds is 5. The minimum atomic E-state index is -1.16. The average Bonchev–Trinajstić information content (AvgIpc) is 2.32. The molecule has 0 aromatic heterocycles. The number of halogens is 1. The van der Waals surface area contributed by atoms with Gasteiger partial charge in [-0.25, -0.2) is 9.18 Å². The standard InChI is InChI=1S/C15H18FNO4/c1-15(2,3)17-12(18)9-21-14-10(7-8-13(19)20)5-4-6-11(14)16/h4-8H,9H2,1-3H3,(H,17,18)(H,19,20)/b8-7+. The van der Waals surface area contributed by atoms with E-state index in [0.29, 0.717) is 0 Å². The number of ether oxygens (including phenoxy) is 1. The maximum absolute atomic E-state index is 13.7. The Hall–Kier alpha value is -2.37. The highest BCUT2D eigenvalue weighted by Crippen LogP contribution is 2.24. The third kappa shape index (κ3) is 6.07. The Labute approximate surface area is 122 Å². The lowest BCUT2D eigenvalue weighted by molar-refractivity contribution is -0.131. The zero-order valence-electron chi connectivity index (χ0n) is 12.1. The number of nitrogens with one attached hydrogen (secondary N) is 1.